The van der Waals surface area contributed by atoms with E-state index in [2.05, 4.69) is 28.9 Å². The van der Waals surface area contributed by atoms with Crippen molar-refractivity contribution in [2.24, 2.45) is 0 Å². The molecular weight excluding hydrogens is 428 g/mol. The van der Waals surface area contributed by atoms with Crippen molar-refractivity contribution < 1.29 is 9.53 Å². The Kier molecular flexibility index (Phi) is 22.9. The average Bonchev–Trinajstić information content (AvgIpc) is 2.83. The molecule has 0 atom stereocenters. The summed E-state index contributed by atoms with van der Waals surface area (Å²) in [6.07, 6.45) is 25.5. The number of thioether (sulfide) groups is 1. The molecule has 1 N–H and O–H groups in total. The number of alkyl carbamates (subject to hydrolysis) is 1. The molecule has 0 saturated carbocycles. The first-order valence-electron chi connectivity index (χ1n) is 14.5. The molecule has 0 aliphatic carbocycles. The van der Waals surface area contributed by atoms with E-state index in [-0.39, 0.29) is 6.09 Å². The molecule has 1 fully saturated rings. The molecule has 1 aliphatic heterocycles. The van der Waals surface area contributed by atoms with Gasteiger partial charge in [-0.1, -0.05) is 96.8 Å². The number of carbonyl (C=O) groups excluding carboxylic acids is 1. The molecule has 1 aliphatic rings. The third-order valence-electron chi connectivity index (χ3n) is 6.72. The highest BCUT2D eigenvalue weighted by Gasteiger charge is 2.10. The highest BCUT2D eigenvalue weighted by Crippen LogP contribution is 2.14. The van der Waals surface area contributed by atoms with Crippen LogP contribution >= 0.6 is 11.8 Å². The number of nitrogens with one attached hydrogen (secondary N) is 1. The van der Waals surface area contributed by atoms with Crippen molar-refractivity contribution in [1.29, 1.82) is 0 Å². The molecule has 0 unspecified atom stereocenters. The minimum atomic E-state index is -0.243. The summed E-state index contributed by atoms with van der Waals surface area (Å²) < 4.78 is 5.29. The van der Waals surface area contributed by atoms with Crippen molar-refractivity contribution in [3.63, 3.8) is 0 Å². The first kappa shape index (κ1) is 30.6. The summed E-state index contributed by atoms with van der Waals surface area (Å²) in [5.74, 6) is 2.73. The van der Waals surface area contributed by atoms with Gasteiger partial charge < -0.3 is 10.1 Å². The van der Waals surface area contributed by atoms with Crippen molar-refractivity contribution in [3.8, 4) is 0 Å². The number of carbonyl (C=O) groups is 1. The zero-order valence-corrected chi connectivity index (χ0v) is 22.9. The molecule has 0 spiro atoms. The van der Waals surface area contributed by atoms with Crippen LogP contribution in [0.25, 0.3) is 0 Å². The van der Waals surface area contributed by atoms with Gasteiger partial charge >= 0.3 is 6.09 Å². The second-order valence-electron chi connectivity index (χ2n) is 9.88. The van der Waals surface area contributed by atoms with E-state index in [0.29, 0.717) is 6.61 Å². The first-order valence-corrected chi connectivity index (χ1v) is 15.7. The predicted molar refractivity (Wildman–Crippen MR) is 147 cm³/mol. The Bertz CT molecular complexity index is 417. The molecule has 5 heteroatoms. The molecule has 4 nitrogen and oxygen atoms in total. The van der Waals surface area contributed by atoms with Crippen molar-refractivity contribution >= 4 is 17.9 Å². The Morgan fingerprint density at radius 2 is 1.24 bits per heavy atom. The summed E-state index contributed by atoms with van der Waals surface area (Å²) in [6, 6.07) is 0. The SMILES string of the molecule is CCCCCCCCCCSCCCCCCCCCCNC(=O)OCCN1CCCCC1. The lowest BCUT2D eigenvalue weighted by Gasteiger charge is -2.25. The highest BCUT2D eigenvalue weighted by atomic mass is 32.2. The van der Waals surface area contributed by atoms with E-state index in [0.717, 1.165) is 32.6 Å². The summed E-state index contributed by atoms with van der Waals surface area (Å²) >= 11 is 2.17. The minimum Gasteiger partial charge on any atom is -0.448 e. The van der Waals surface area contributed by atoms with E-state index in [1.807, 2.05) is 0 Å². The van der Waals surface area contributed by atoms with Crippen LogP contribution in [-0.2, 0) is 4.74 Å². The molecule has 0 radical (unpaired) electrons. The maximum atomic E-state index is 11.7. The van der Waals surface area contributed by atoms with Gasteiger partial charge in [-0.05, 0) is 56.7 Å². The minimum absolute atomic E-state index is 0.243. The Balaban J connectivity index is 1.68. The monoisotopic (exact) mass is 484 g/mol. The average molecular weight is 485 g/mol. The topological polar surface area (TPSA) is 41.6 Å². The van der Waals surface area contributed by atoms with E-state index in [1.54, 1.807) is 0 Å². The van der Waals surface area contributed by atoms with Gasteiger partial charge in [0, 0.05) is 13.1 Å². The zero-order chi connectivity index (χ0) is 23.7. The molecule has 33 heavy (non-hydrogen) atoms. The molecule has 0 bridgehead atoms. The normalized spacial score (nSPS) is 14.5. The zero-order valence-electron chi connectivity index (χ0n) is 22.1. The lowest BCUT2D eigenvalue weighted by molar-refractivity contribution is 0.120. The van der Waals surface area contributed by atoms with Crippen molar-refractivity contribution in [1.82, 2.24) is 10.2 Å². The van der Waals surface area contributed by atoms with Gasteiger partial charge in [0.25, 0.3) is 0 Å². The number of hydrogen-bond acceptors (Lipinski definition) is 4. The fourth-order valence-corrected chi connectivity index (χ4v) is 5.54. The molecule has 196 valence electrons. The van der Waals surface area contributed by atoms with Gasteiger partial charge in [-0.2, -0.15) is 11.8 Å². The lowest BCUT2D eigenvalue weighted by Crippen LogP contribution is -2.34. The third-order valence-corrected chi connectivity index (χ3v) is 7.87. The second-order valence-corrected chi connectivity index (χ2v) is 11.1. The summed E-state index contributed by atoms with van der Waals surface area (Å²) in [5, 5.41) is 2.90. The van der Waals surface area contributed by atoms with Crippen LogP contribution in [0.5, 0.6) is 0 Å². The van der Waals surface area contributed by atoms with E-state index in [9.17, 15) is 4.79 Å². The Morgan fingerprint density at radius 1 is 0.727 bits per heavy atom. The molecule has 0 aromatic carbocycles. The van der Waals surface area contributed by atoms with Gasteiger partial charge in [0.15, 0.2) is 0 Å². The molecule has 1 rings (SSSR count). The van der Waals surface area contributed by atoms with Crippen molar-refractivity contribution in [2.45, 2.75) is 129 Å². The van der Waals surface area contributed by atoms with Crippen molar-refractivity contribution in [2.75, 3.05) is 44.3 Å². The van der Waals surface area contributed by atoms with Crippen LogP contribution in [0.4, 0.5) is 4.79 Å². The fraction of sp³-hybridized carbons (Fsp3) is 0.964. The van der Waals surface area contributed by atoms with Crippen LogP contribution in [0.1, 0.15) is 129 Å². The van der Waals surface area contributed by atoms with Crippen LogP contribution in [0, 0.1) is 0 Å². The van der Waals surface area contributed by atoms with Gasteiger partial charge in [-0.3, -0.25) is 4.90 Å². The molecular formula is C28H56N2O2S. The van der Waals surface area contributed by atoms with Crippen molar-refractivity contribution in [3.05, 3.63) is 0 Å². The second kappa shape index (κ2) is 24.7. The van der Waals surface area contributed by atoms with Gasteiger partial charge in [0.2, 0.25) is 0 Å². The number of amides is 1. The number of likely N-dealkylation sites (tertiary alicyclic amines) is 1. The van der Waals surface area contributed by atoms with Crippen LogP contribution < -0.4 is 5.32 Å². The Hall–Kier alpha value is -0.420. The molecule has 1 amide bonds. The maximum Gasteiger partial charge on any atom is 0.407 e. The van der Waals surface area contributed by atoms with Crippen LogP contribution in [-0.4, -0.2) is 55.3 Å². The first-order chi connectivity index (χ1) is 16.3. The molecule has 0 aromatic rings. The largest absolute Gasteiger partial charge is 0.448 e. The summed E-state index contributed by atoms with van der Waals surface area (Å²) in [7, 11) is 0. The van der Waals surface area contributed by atoms with E-state index in [4.69, 9.17) is 4.74 Å². The van der Waals surface area contributed by atoms with E-state index >= 15 is 0 Å². The number of rotatable bonds is 23. The van der Waals surface area contributed by atoms with Gasteiger partial charge in [-0.15, -0.1) is 0 Å². The summed E-state index contributed by atoms with van der Waals surface area (Å²) in [6.45, 7) is 6.75. The van der Waals surface area contributed by atoms with Gasteiger partial charge in [0.1, 0.15) is 6.61 Å². The maximum absolute atomic E-state index is 11.7. The fourth-order valence-electron chi connectivity index (χ4n) is 4.52. The number of unbranched alkanes of at least 4 members (excludes halogenated alkanes) is 14. The van der Waals surface area contributed by atoms with Crippen LogP contribution in [0.15, 0.2) is 0 Å². The summed E-state index contributed by atoms with van der Waals surface area (Å²) in [4.78, 5) is 14.1. The standard InChI is InChI=1S/C28H56N2O2S/c1-2-3-4-5-6-10-13-19-26-33-27-20-14-11-8-7-9-12-16-21-29-28(31)32-25-24-30-22-17-15-18-23-30/h2-27H2,1H3,(H,29,31). The Morgan fingerprint density at radius 3 is 1.82 bits per heavy atom. The van der Waals surface area contributed by atoms with E-state index < -0.39 is 0 Å². The summed E-state index contributed by atoms with van der Waals surface area (Å²) in [5.41, 5.74) is 0. The number of nitrogens with zero attached hydrogens (tertiary/aromatic N) is 1. The van der Waals surface area contributed by atoms with Gasteiger partial charge in [-0.25, -0.2) is 4.79 Å². The molecule has 0 aromatic heterocycles. The Labute approximate surface area is 210 Å². The van der Waals surface area contributed by atoms with Crippen LogP contribution in [0.3, 0.4) is 0 Å². The highest BCUT2D eigenvalue weighted by molar-refractivity contribution is 7.99. The van der Waals surface area contributed by atoms with Gasteiger partial charge in [0.05, 0.1) is 0 Å². The lowest BCUT2D eigenvalue weighted by atomic mass is 10.1. The van der Waals surface area contributed by atoms with E-state index in [1.165, 1.54) is 127 Å². The third kappa shape index (κ3) is 21.8. The quantitative estimate of drug-likeness (QED) is 0.148. The predicted octanol–water partition coefficient (Wildman–Crippen LogP) is 8.19. The van der Waals surface area contributed by atoms with Crippen LogP contribution in [0.2, 0.25) is 0 Å². The number of ether oxygens (including phenoxy) is 1. The number of piperidine rings is 1. The molecule has 1 heterocycles. The number of hydrogen-bond donors (Lipinski definition) is 1. The molecule has 1 saturated heterocycles. The smallest absolute Gasteiger partial charge is 0.407 e.